The minimum atomic E-state index is -0.165. The number of nitrogens with zero attached hydrogens (tertiary/aromatic N) is 2. The van der Waals surface area contributed by atoms with Gasteiger partial charge in [-0.2, -0.15) is 0 Å². The largest absolute Gasteiger partial charge is 0.360 e. The van der Waals surface area contributed by atoms with Crippen molar-refractivity contribution in [1.82, 2.24) is 20.4 Å². The minimum Gasteiger partial charge on any atom is -0.360 e. The zero-order chi connectivity index (χ0) is 18.2. The molecule has 0 radical (unpaired) electrons. The van der Waals surface area contributed by atoms with Gasteiger partial charge in [0.2, 0.25) is 0 Å². The van der Waals surface area contributed by atoms with E-state index < -0.39 is 0 Å². The van der Waals surface area contributed by atoms with Crippen molar-refractivity contribution in [3.05, 3.63) is 0 Å². The summed E-state index contributed by atoms with van der Waals surface area (Å²) in [5, 5.41) is 7.11. The fourth-order valence-corrected chi connectivity index (χ4v) is 2.32. The number of thiocarbonyl (C=S) groups is 2. The van der Waals surface area contributed by atoms with Gasteiger partial charge < -0.3 is 20.4 Å². The first-order valence-electron chi connectivity index (χ1n) is 7.59. The molecule has 0 aromatic rings. The van der Waals surface area contributed by atoms with Gasteiger partial charge in [0.25, 0.3) is 0 Å². The van der Waals surface area contributed by atoms with Crippen LogP contribution in [0.15, 0.2) is 0 Å². The standard InChI is InChI=1S/C15H28N4O2S2/c1-10(2)16-14(22)18(5)8-12(20)7-13(21)9-19(6)15(23)17-11(3)4/h10-11H,7-9H2,1-6H3,(H,16,22)(H,17,23). The van der Waals surface area contributed by atoms with Crippen molar-refractivity contribution in [1.29, 1.82) is 0 Å². The lowest BCUT2D eigenvalue weighted by Crippen LogP contribution is -2.44. The van der Waals surface area contributed by atoms with Crippen LogP contribution in [-0.4, -0.2) is 70.9 Å². The molecular formula is C15H28N4O2S2. The Kier molecular flexibility index (Phi) is 9.90. The minimum absolute atomic E-state index is 0.114. The SMILES string of the molecule is CC(C)NC(=S)N(C)CC(=O)CC(=O)CN(C)C(=S)NC(C)C. The Labute approximate surface area is 150 Å². The van der Waals surface area contributed by atoms with E-state index in [1.165, 1.54) is 0 Å². The van der Waals surface area contributed by atoms with E-state index in [2.05, 4.69) is 10.6 Å². The van der Waals surface area contributed by atoms with Crippen molar-refractivity contribution in [2.24, 2.45) is 0 Å². The second-order valence-electron chi connectivity index (χ2n) is 6.17. The van der Waals surface area contributed by atoms with E-state index in [1.54, 1.807) is 23.9 Å². The first-order chi connectivity index (χ1) is 10.5. The molecule has 23 heavy (non-hydrogen) atoms. The summed E-state index contributed by atoms with van der Waals surface area (Å²) in [7, 11) is 3.46. The van der Waals surface area contributed by atoms with Crippen LogP contribution >= 0.6 is 24.4 Å². The van der Waals surface area contributed by atoms with Gasteiger partial charge in [-0.25, -0.2) is 0 Å². The quantitative estimate of drug-likeness (QED) is 0.490. The molecule has 0 heterocycles. The summed E-state index contributed by atoms with van der Waals surface area (Å²) in [6, 6.07) is 0.398. The molecule has 6 nitrogen and oxygen atoms in total. The topological polar surface area (TPSA) is 64.7 Å². The molecule has 0 saturated heterocycles. The maximum absolute atomic E-state index is 12.0. The normalized spacial score (nSPS) is 10.4. The highest BCUT2D eigenvalue weighted by Crippen LogP contribution is 1.96. The summed E-state index contributed by atoms with van der Waals surface area (Å²) < 4.78 is 0. The highest BCUT2D eigenvalue weighted by Gasteiger charge is 2.16. The van der Waals surface area contributed by atoms with Crippen LogP contribution in [0.1, 0.15) is 34.1 Å². The van der Waals surface area contributed by atoms with Crippen molar-refractivity contribution < 1.29 is 9.59 Å². The van der Waals surface area contributed by atoms with Crippen LogP contribution in [0.4, 0.5) is 0 Å². The van der Waals surface area contributed by atoms with E-state index in [9.17, 15) is 9.59 Å². The van der Waals surface area contributed by atoms with Crippen LogP contribution < -0.4 is 10.6 Å². The summed E-state index contributed by atoms with van der Waals surface area (Å²) in [6.07, 6.45) is -0.122. The summed E-state index contributed by atoms with van der Waals surface area (Å²) in [5.74, 6) is -0.330. The maximum Gasteiger partial charge on any atom is 0.169 e. The smallest absolute Gasteiger partial charge is 0.169 e. The fraction of sp³-hybridized carbons (Fsp3) is 0.733. The van der Waals surface area contributed by atoms with E-state index in [0.717, 1.165) is 0 Å². The average Bonchev–Trinajstić information content (AvgIpc) is 2.36. The van der Waals surface area contributed by atoms with Crippen LogP contribution in [0.5, 0.6) is 0 Å². The van der Waals surface area contributed by atoms with Gasteiger partial charge in [-0.1, -0.05) is 0 Å². The average molecular weight is 361 g/mol. The molecule has 0 aromatic heterocycles. The Morgan fingerprint density at radius 2 is 1.13 bits per heavy atom. The van der Waals surface area contributed by atoms with E-state index in [4.69, 9.17) is 24.4 Å². The first-order valence-corrected chi connectivity index (χ1v) is 8.41. The molecule has 0 aliphatic heterocycles. The van der Waals surface area contributed by atoms with Gasteiger partial charge in [0.05, 0.1) is 19.5 Å². The molecule has 2 N–H and O–H groups in total. The predicted octanol–water partition coefficient (Wildman–Crippen LogP) is 0.944. The van der Waals surface area contributed by atoms with Gasteiger partial charge in [-0.05, 0) is 52.1 Å². The highest BCUT2D eigenvalue weighted by atomic mass is 32.1. The van der Waals surface area contributed by atoms with Crippen LogP contribution in [0.3, 0.4) is 0 Å². The second kappa shape index (κ2) is 10.5. The molecule has 0 aliphatic rings. The second-order valence-corrected chi connectivity index (χ2v) is 6.95. The number of nitrogens with one attached hydrogen (secondary N) is 2. The van der Waals surface area contributed by atoms with Gasteiger partial charge in [0.15, 0.2) is 21.8 Å². The van der Waals surface area contributed by atoms with Crippen molar-refractivity contribution >= 4 is 46.2 Å². The zero-order valence-electron chi connectivity index (χ0n) is 14.8. The zero-order valence-corrected chi connectivity index (χ0v) is 16.4. The third-order valence-corrected chi connectivity index (χ3v) is 3.60. The number of likely N-dealkylation sites (N-methyl/N-ethyl adjacent to an activating group) is 2. The number of carbonyl (C=O) groups excluding carboxylic acids is 2. The Morgan fingerprint density at radius 3 is 1.39 bits per heavy atom. The number of hydrogen-bond acceptors (Lipinski definition) is 4. The number of Topliss-reactive ketones (excluding diaryl/α,β-unsaturated/α-hetero) is 2. The first kappa shape index (κ1) is 21.7. The number of carbonyl (C=O) groups is 2. The lowest BCUT2D eigenvalue weighted by atomic mass is 10.2. The van der Waals surface area contributed by atoms with Gasteiger partial charge in [-0.15, -0.1) is 0 Å². The predicted molar refractivity (Wildman–Crippen MR) is 102 cm³/mol. The van der Waals surface area contributed by atoms with Crippen molar-refractivity contribution in [3.8, 4) is 0 Å². The number of rotatable bonds is 8. The molecular weight excluding hydrogens is 332 g/mol. The summed E-state index contributed by atoms with van der Waals surface area (Å²) in [6.45, 7) is 8.10. The Hall–Kier alpha value is -1.28. The number of hydrogen-bond donors (Lipinski definition) is 2. The number of ketones is 2. The third-order valence-electron chi connectivity index (χ3n) is 2.74. The molecule has 0 bridgehead atoms. The molecule has 0 aromatic carbocycles. The molecule has 0 rings (SSSR count). The third kappa shape index (κ3) is 10.2. The maximum atomic E-state index is 12.0. The Balaban J connectivity index is 4.27. The molecule has 0 atom stereocenters. The molecule has 0 unspecified atom stereocenters. The van der Waals surface area contributed by atoms with Gasteiger partial charge in [-0.3, -0.25) is 9.59 Å². The summed E-state index contributed by atoms with van der Waals surface area (Å²) >= 11 is 10.3. The van der Waals surface area contributed by atoms with Crippen molar-refractivity contribution in [3.63, 3.8) is 0 Å². The van der Waals surface area contributed by atoms with Crippen LogP contribution in [-0.2, 0) is 9.59 Å². The summed E-state index contributed by atoms with van der Waals surface area (Å²) in [4.78, 5) is 27.2. The van der Waals surface area contributed by atoms with E-state index in [-0.39, 0.29) is 43.2 Å². The molecule has 0 saturated carbocycles. The Bertz CT molecular complexity index is 413. The van der Waals surface area contributed by atoms with Crippen LogP contribution in [0.2, 0.25) is 0 Å². The van der Waals surface area contributed by atoms with Gasteiger partial charge in [0.1, 0.15) is 0 Å². The van der Waals surface area contributed by atoms with Gasteiger partial charge >= 0.3 is 0 Å². The molecule has 0 amide bonds. The van der Waals surface area contributed by atoms with Gasteiger partial charge in [0, 0.05) is 26.2 Å². The van der Waals surface area contributed by atoms with Crippen molar-refractivity contribution in [2.45, 2.75) is 46.2 Å². The molecule has 0 spiro atoms. The van der Waals surface area contributed by atoms with E-state index in [0.29, 0.717) is 10.2 Å². The van der Waals surface area contributed by atoms with E-state index in [1.807, 2.05) is 27.7 Å². The molecule has 8 heteroatoms. The summed E-state index contributed by atoms with van der Waals surface area (Å²) in [5.41, 5.74) is 0. The molecule has 0 aliphatic carbocycles. The fourth-order valence-electron chi connectivity index (χ4n) is 1.72. The van der Waals surface area contributed by atoms with Crippen molar-refractivity contribution in [2.75, 3.05) is 27.2 Å². The highest BCUT2D eigenvalue weighted by molar-refractivity contribution is 7.80. The molecule has 0 fully saturated rings. The lowest BCUT2D eigenvalue weighted by molar-refractivity contribution is -0.127. The van der Waals surface area contributed by atoms with E-state index >= 15 is 0 Å². The lowest BCUT2D eigenvalue weighted by Gasteiger charge is -2.23. The molecule has 132 valence electrons. The van der Waals surface area contributed by atoms with Crippen LogP contribution in [0.25, 0.3) is 0 Å². The Morgan fingerprint density at radius 1 is 0.826 bits per heavy atom. The monoisotopic (exact) mass is 360 g/mol. The van der Waals surface area contributed by atoms with Crippen LogP contribution in [0, 0.1) is 0 Å².